The van der Waals surface area contributed by atoms with Crippen LogP contribution in [0.2, 0.25) is 0 Å². The lowest BCUT2D eigenvalue weighted by Crippen LogP contribution is -2.26. The predicted octanol–water partition coefficient (Wildman–Crippen LogP) is 1.93. The molecule has 0 aromatic carbocycles. The van der Waals surface area contributed by atoms with Gasteiger partial charge in [0.1, 0.15) is 0 Å². The van der Waals surface area contributed by atoms with Crippen molar-refractivity contribution in [3.8, 4) is 5.75 Å². The summed E-state index contributed by atoms with van der Waals surface area (Å²) < 4.78 is 68.9. The van der Waals surface area contributed by atoms with Gasteiger partial charge in [0.15, 0.2) is 5.75 Å². The summed E-state index contributed by atoms with van der Waals surface area (Å²) in [5, 5.41) is 0. The van der Waals surface area contributed by atoms with Gasteiger partial charge < -0.3 is 14.5 Å². The Hall–Kier alpha value is -2.13. The molecule has 0 aliphatic heterocycles. The number of pyridine rings is 1. The Kier molecular flexibility index (Phi) is 4.69. The third-order valence-corrected chi connectivity index (χ3v) is 2.17. The highest BCUT2D eigenvalue weighted by atomic mass is 19.4. The summed E-state index contributed by atoms with van der Waals surface area (Å²) in [6.45, 7) is 0. The number of carbonyl (C=O) groups excluding carboxylic acids is 1. The smallest absolute Gasteiger partial charge is 0.469 e. The maximum absolute atomic E-state index is 12.6. The highest BCUT2D eigenvalue weighted by Crippen LogP contribution is 2.24. The summed E-state index contributed by atoms with van der Waals surface area (Å²) in [6, 6.07) is 0. The van der Waals surface area contributed by atoms with Gasteiger partial charge in [0.2, 0.25) is 5.43 Å². The highest BCUT2D eigenvalue weighted by Gasteiger charge is 2.33. The summed E-state index contributed by atoms with van der Waals surface area (Å²) >= 11 is 0. The molecule has 1 aromatic heterocycles. The van der Waals surface area contributed by atoms with Gasteiger partial charge in [-0.3, -0.25) is 9.59 Å². The van der Waals surface area contributed by atoms with Crippen LogP contribution < -0.4 is 10.2 Å². The Morgan fingerprint density at radius 1 is 1.40 bits per heavy atom. The van der Waals surface area contributed by atoms with Crippen molar-refractivity contribution < 1.29 is 36.2 Å². The number of methoxy groups -OCH3 is 1. The molecule has 0 radical (unpaired) electrons. The second-order valence-corrected chi connectivity index (χ2v) is 3.48. The molecule has 1 rings (SSSR count). The van der Waals surface area contributed by atoms with Crippen LogP contribution in [0.4, 0.5) is 22.0 Å². The fourth-order valence-electron chi connectivity index (χ4n) is 1.35. The number of carbonyl (C=O) groups is 1. The number of nitrogens with one attached hydrogen (secondary N) is 1. The molecule has 112 valence electrons. The van der Waals surface area contributed by atoms with E-state index in [1.165, 1.54) is 0 Å². The number of halogens is 5. The molecule has 20 heavy (non-hydrogen) atoms. The van der Waals surface area contributed by atoms with Crippen LogP contribution in [0.5, 0.6) is 5.75 Å². The lowest BCUT2D eigenvalue weighted by atomic mass is 10.1. The van der Waals surface area contributed by atoms with Gasteiger partial charge in [0.25, 0.3) is 6.43 Å². The van der Waals surface area contributed by atoms with Crippen LogP contribution in [0.1, 0.15) is 17.7 Å². The van der Waals surface area contributed by atoms with E-state index >= 15 is 0 Å². The molecule has 0 saturated heterocycles. The highest BCUT2D eigenvalue weighted by molar-refractivity contribution is 5.72. The van der Waals surface area contributed by atoms with Crippen molar-refractivity contribution in [2.45, 2.75) is 19.2 Å². The minimum absolute atomic E-state index is 0.359. The van der Waals surface area contributed by atoms with E-state index in [1.54, 1.807) is 0 Å². The molecule has 0 saturated carbocycles. The minimum Gasteiger partial charge on any atom is -0.469 e. The van der Waals surface area contributed by atoms with Crippen molar-refractivity contribution in [2.24, 2.45) is 0 Å². The summed E-state index contributed by atoms with van der Waals surface area (Å²) in [5.74, 6) is -2.29. The Balaban J connectivity index is 3.31. The van der Waals surface area contributed by atoms with E-state index in [-0.39, 0.29) is 0 Å². The van der Waals surface area contributed by atoms with E-state index in [2.05, 4.69) is 9.47 Å². The van der Waals surface area contributed by atoms with Gasteiger partial charge in [-0.05, 0) is 0 Å². The van der Waals surface area contributed by atoms with Crippen molar-refractivity contribution in [1.82, 2.24) is 4.98 Å². The normalized spacial score (nSPS) is 11.6. The lowest BCUT2D eigenvalue weighted by Gasteiger charge is -2.12. The maximum Gasteiger partial charge on any atom is 0.573 e. The number of ether oxygens (including phenoxy) is 2. The van der Waals surface area contributed by atoms with Crippen LogP contribution in [0.25, 0.3) is 0 Å². The monoisotopic (exact) mass is 301 g/mol. The van der Waals surface area contributed by atoms with Crippen LogP contribution in [0.15, 0.2) is 11.0 Å². The molecule has 0 unspecified atom stereocenters. The Morgan fingerprint density at radius 3 is 2.45 bits per heavy atom. The number of hydrogen-bond acceptors (Lipinski definition) is 4. The number of alkyl halides is 5. The first-order valence-electron chi connectivity index (χ1n) is 5.01. The van der Waals surface area contributed by atoms with Crippen molar-refractivity contribution in [3.05, 3.63) is 27.7 Å². The first kappa shape index (κ1) is 15.9. The maximum atomic E-state index is 12.6. The minimum atomic E-state index is -5.16. The van der Waals surface area contributed by atoms with Gasteiger partial charge >= 0.3 is 12.3 Å². The Labute approximate surface area is 108 Å². The first-order valence-corrected chi connectivity index (χ1v) is 5.01. The number of hydrogen-bond donors (Lipinski definition) is 1. The fraction of sp³-hybridized carbons (Fsp3) is 0.400. The van der Waals surface area contributed by atoms with E-state index in [9.17, 15) is 31.5 Å². The SMILES string of the molecule is COC(=O)Cc1c(C(F)F)[nH]cc(OC(F)(F)F)c1=O. The van der Waals surface area contributed by atoms with Crippen molar-refractivity contribution in [2.75, 3.05) is 7.11 Å². The molecule has 5 nitrogen and oxygen atoms in total. The molecular weight excluding hydrogens is 293 g/mol. The molecule has 0 aliphatic carbocycles. The molecule has 1 aromatic rings. The second kappa shape index (κ2) is 5.88. The largest absolute Gasteiger partial charge is 0.573 e. The van der Waals surface area contributed by atoms with Gasteiger partial charge in [0.05, 0.1) is 19.2 Å². The van der Waals surface area contributed by atoms with Gasteiger partial charge in [0, 0.05) is 11.8 Å². The van der Waals surface area contributed by atoms with Crippen LogP contribution in [-0.4, -0.2) is 24.4 Å². The number of aromatic nitrogens is 1. The molecular formula is C10H8F5NO4. The molecule has 0 atom stereocenters. The third-order valence-electron chi connectivity index (χ3n) is 2.17. The van der Waals surface area contributed by atoms with E-state index in [1.807, 2.05) is 4.98 Å². The first-order chi connectivity index (χ1) is 9.15. The van der Waals surface area contributed by atoms with Crippen LogP contribution in [0, 0.1) is 0 Å². The summed E-state index contributed by atoms with van der Waals surface area (Å²) in [6.07, 6.45) is -8.89. The second-order valence-electron chi connectivity index (χ2n) is 3.48. The zero-order valence-corrected chi connectivity index (χ0v) is 9.88. The zero-order chi connectivity index (χ0) is 15.5. The van der Waals surface area contributed by atoms with Gasteiger partial charge in [-0.25, -0.2) is 8.78 Å². The fourth-order valence-corrected chi connectivity index (χ4v) is 1.35. The molecule has 10 heteroatoms. The average Bonchev–Trinajstić information content (AvgIpc) is 2.32. The quantitative estimate of drug-likeness (QED) is 0.681. The van der Waals surface area contributed by atoms with E-state index in [0.717, 1.165) is 7.11 Å². The van der Waals surface area contributed by atoms with Crippen LogP contribution in [0.3, 0.4) is 0 Å². The molecule has 0 amide bonds. The van der Waals surface area contributed by atoms with E-state index < -0.39 is 47.6 Å². The van der Waals surface area contributed by atoms with Gasteiger partial charge in [-0.15, -0.1) is 13.2 Å². The molecule has 0 spiro atoms. The number of esters is 1. The lowest BCUT2D eigenvalue weighted by molar-refractivity contribution is -0.275. The predicted molar refractivity (Wildman–Crippen MR) is 54.4 cm³/mol. The van der Waals surface area contributed by atoms with E-state index in [4.69, 9.17) is 0 Å². The summed E-state index contributed by atoms with van der Waals surface area (Å²) in [5.41, 5.74) is -3.26. The number of H-pyrrole nitrogens is 1. The zero-order valence-electron chi connectivity index (χ0n) is 9.88. The van der Waals surface area contributed by atoms with Crippen molar-refractivity contribution in [1.29, 1.82) is 0 Å². The molecule has 0 aliphatic rings. The molecule has 1 N–H and O–H groups in total. The average molecular weight is 301 g/mol. The topological polar surface area (TPSA) is 68.4 Å². The number of rotatable bonds is 4. The van der Waals surface area contributed by atoms with Crippen LogP contribution >= 0.6 is 0 Å². The molecule has 1 heterocycles. The van der Waals surface area contributed by atoms with Crippen molar-refractivity contribution in [3.63, 3.8) is 0 Å². The summed E-state index contributed by atoms with van der Waals surface area (Å²) in [7, 11) is 0.939. The molecule has 0 fully saturated rings. The van der Waals surface area contributed by atoms with Crippen molar-refractivity contribution >= 4 is 5.97 Å². The Bertz CT molecular complexity index is 552. The van der Waals surface area contributed by atoms with Crippen LogP contribution in [-0.2, 0) is 16.0 Å². The molecule has 0 bridgehead atoms. The standard InChI is InChI=1S/C10H8F5NO4/c1-19-6(17)2-4-7(9(11)12)16-3-5(8(4)18)20-10(13,14)15/h3,9H,2H2,1H3,(H,16,18). The Morgan fingerprint density at radius 2 is 2.00 bits per heavy atom. The van der Waals surface area contributed by atoms with Gasteiger partial charge in [-0.1, -0.05) is 0 Å². The van der Waals surface area contributed by atoms with Gasteiger partial charge in [-0.2, -0.15) is 0 Å². The van der Waals surface area contributed by atoms with E-state index in [0.29, 0.717) is 6.20 Å². The third kappa shape index (κ3) is 3.93. The summed E-state index contributed by atoms with van der Waals surface area (Å²) in [4.78, 5) is 24.5. The number of aromatic amines is 1.